The fraction of sp³-hybridized carbons (Fsp3) is 0.529. The normalized spacial score (nSPS) is 24.2. The second-order valence-corrected chi connectivity index (χ2v) is 6.65. The van der Waals surface area contributed by atoms with E-state index in [0.717, 1.165) is 5.56 Å². The number of amides is 1. The van der Waals surface area contributed by atoms with Crippen LogP contribution in [0.15, 0.2) is 24.3 Å². The van der Waals surface area contributed by atoms with Crippen LogP contribution in [0.4, 0.5) is 0 Å². The van der Waals surface area contributed by atoms with Gasteiger partial charge in [0.25, 0.3) is 0 Å². The molecule has 3 atom stereocenters. The molecule has 1 unspecified atom stereocenters. The van der Waals surface area contributed by atoms with Gasteiger partial charge in [0.15, 0.2) is 0 Å². The van der Waals surface area contributed by atoms with Gasteiger partial charge in [0.1, 0.15) is 0 Å². The minimum atomic E-state index is -0.880. The van der Waals surface area contributed by atoms with E-state index < -0.39 is 23.2 Å². The van der Waals surface area contributed by atoms with Crippen LogP contribution in [-0.4, -0.2) is 28.9 Å². The third kappa shape index (κ3) is 2.67. The number of carboxylic acid groups (broad SMARTS) is 1. The van der Waals surface area contributed by atoms with Gasteiger partial charge in [-0.1, -0.05) is 43.7 Å². The predicted molar refractivity (Wildman–Crippen MR) is 80.8 cm³/mol. The quantitative estimate of drug-likeness (QED) is 0.927. The summed E-state index contributed by atoms with van der Waals surface area (Å²) in [6, 6.07) is 7.99. The first-order valence-corrected chi connectivity index (χ1v) is 7.24. The lowest BCUT2D eigenvalue weighted by atomic mass is 10.0. The van der Waals surface area contributed by atoms with Crippen LogP contribution in [0.3, 0.4) is 0 Å². The maximum Gasteiger partial charge on any atom is 0.307 e. The van der Waals surface area contributed by atoms with Gasteiger partial charge < -0.3 is 10.0 Å². The van der Waals surface area contributed by atoms with Crippen molar-refractivity contribution < 1.29 is 14.7 Å². The molecule has 1 N–H and O–H groups in total. The van der Waals surface area contributed by atoms with E-state index in [0.29, 0.717) is 0 Å². The fourth-order valence-corrected chi connectivity index (χ4v) is 3.04. The molecule has 1 aromatic rings. The Morgan fingerprint density at radius 1 is 1.19 bits per heavy atom. The number of carboxylic acids is 1. The molecule has 0 heterocycles. The van der Waals surface area contributed by atoms with Gasteiger partial charge in [-0.2, -0.15) is 0 Å². The molecule has 1 fully saturated rings. The molecule has 0 saturated heterocycles. The minimum absolute atomic E-state index is 0.0658. The number of hydrogen-bond acceptors (Lipinski definition) is 2. The molecule has 1 aliphatic carbocycles. The molecule has 0 spiro atoms. The van der Waals surface area contributed by atoms with Crippen molar-refractivity contribution in [2.24, 2.45) is 17.3 Å². The van der Waals surface area contributed by atoms with E-state index >= 15 is 0 Å². The van der Waals surface area contributed by atoms with Gasteiger partial charge in [0.05, 0.1) is 17.9 Å². The summed E-state index contributed by atoms with van der Waals surface area (Å²) in [5, 5.41) is 9.21. The fourth-order valence-electron chi connectivity index (χ4n) is 3.04. The van der Waals surface area contributed by atoms with E-state index in [1.807, 2.05) is 52.0 Å². The van der Waals surface area contributed by atoms with Crippen molar-refractivity contribution in [1.82, 2.24) is 4.90 Å². The van der Waals surface area contributed by atoms with E-state index in [9.17, 15) is 14.7 Å². The number of carbonyl (C=O) groups is 2. The third-order valence-electron chi connectivity index (χ3n) is 4.85. The van der Waals surface area contributed by atoms with Crippen molar-refractivity contribution >= 4 is 11.9 Å². The maximum absolute atomic E-state index is 12.6. The number of rotatable bonds is 4. The Morgan fingerprint density at radius 2 is 1.71 bits per heavy atom. The van der Waals surface area contributed by atoms with Gasteiger partial charge in [-0.3, -0.25) is 9.59 Å². The molecule has 0 aliphatic heterocycles. The largest absolute Gasteiger partial charge is 0.481 e. The topological polar surface area (TPSA) is 57.6 Å². The molecule has 4 nitrogen and oxygen atoms in total. The first-order valence-electron chi connectivity index (χ1n) is 7.24. The van der Waals surface area contributed by atoms with E-state index in [1.54, 1.807) is 11.9 Å². The van der Waals surface area contributed by atoms with Crippen molar-refractivity contribution in [2.75, 3.05) is 7.05 Å². The summed E-state index contributed by atoms with van der Waals surface area (Å²) in [6.45, 7) is 7.68. The van der Waals surface area contributed by atoms with Gasteiger partial charge >= 0.3 is 5.97 Å². The molecular weight excluding hydrogens is 266 g/mol. The predicted octanol–water partition coefficient (Wildman–Crippen LogP) is 2.87. The summed E-state index contributed by atoms with van der Waals surface area (Å²) in [5.41, 5.74) is 1.78. The Bertz CT molecular complexity index is 562. The van der Waals surface area contributed by atoms with E-state index in [2.05, 4.69) is 0 Å². The van der Waals surface area contributed by atoms with Crippen LogP contribution in [0.1, 0.15) is 37.9 Å². The van der Waals surface area contributed by atoms with Crippen LogP contribution in [0, 0.1) is 24.2 Å². The maximum atomic E-state index is 12.6. The van der Waals surface area contributed by atoms with E-state index in [4.69, 9.17) is 0 Å². The molecule has 21 heavy (non-hydrogen) atoms. The van der Waals surface area contributed by atoms with Crippen LogP contribution in [-0.2, 0) is 9.59 Å². The van der Waals surface area contributed by atoms with Crippen molar-refractivity contribution in [3.05, 3.63) is 35.4 Å². The van der Waals surface area contributed by atoms with Crippen LogP contribution < -0.4 is 0 Å². The van der Waals surface area contributed by atoms with Gasteiger partial charge in [0.2, 0.25) is 5.91 Å². The highest BCUT2D eigenvalue weighted by Gasteiger charge is 2.66. The van der Waals surface area contributed by atoms with Gasteiger partial charge in [-0.05, 0) is 24.8 Å². The first kappa shape index (κ1) is 15.5. The molecule has 2 rings (SSSR count). The molecular formula is C17H23NO3. The number of carbonyl (C=O) groups excluding carboxylic acids is 1. The SMILES string of the molecule is Cc1ccc(C(C)N(C)C(=O)[C@H]2[C@@H](C(=O)O)C2(C)C)cc1. The number of benzene rings is 1. The summed E-state index contributed by atoms with van der Waals surface area (Å²) < 4.78 is 0. The standard InChI is InChI=1S/C17H23NO3/c1-10-6-8-12(9-7-10)11(2)18(5)15(19)13-14(16(20)21)17(13,3)4/h6-9,11,13-14H,1-5H3,(H,20,21)/t11?,13-,14+/m1/s1. The highest BCUT2D eigenvalue weighted by molar-refractivity contribution is 5.91. The molecule has 4 heteroatoms. The highest BCUT2D eigenvalue weighted by atomic mass is 16.4. The number of hydrogen-bond donors (Lipinski definition) is 1. The summed E-state index contributed by atoms with van der Waals surface area (Å²) in [6.07, 6.45) is 0. The zero-order valence-corrected chi connectivity index (χ0v) is 13.3. The Hall–Kier alpha value is -1.84. The lowest BCUT2D eigenvalue weighted by Gasteiger charge is -2.26. The second kappa shape index (κ2) is 5.17. The smallest absolute Gasteiger partial charge is 0.307 e. The Morgan fingerprint density at radius 3 is 2.14 bits per heavy atom. The van der Waals surface area contributed by atoms with E-state index in [-0.39, 0.29) is 11.9 Å². The molecule has 0 aromatic heterocycles. The Balaban J connectivity index is 2.13. The molecule has 1 aromatic carbocycles. The molecule has 114 valence electrons. The van der Waals surface area contributed by atoms with E-state index in [1.165, 1.54) is 5.56 Å². The number of aryl methyl sites for hydroxylation is 1. The lowest BCUT2D eigenvalue weighted by Crippen LogP contribution is -2.32. The zero-order valence-electron chi connectivity index (χ0n) is 13.3. The molecule has 1 amide bonds. The molecule has 0 radical (unpaired) electrons. The number of nitrogens with zero attached hydrogens (tertiary/aromatic N) is 1. The highest BCUT2D eigenvalue weighted by Crippen LogP contribution is 2.59. The summed E-state index contributed by atoms with van der Waals surface area (Å²) in [7, 11) is 1.75. The van der Waals surface area contributed by atoms with Crippen molar-refractivity contribution in [1.29, 1.82) is 0 Å². The summed E-state index contributed by atoms with van der Waals surface area (Å²) in [5.74, 6) is -1.96. The van der Waals surface area contributed by atoms with Gasteiger partial charge in [-0.25, -0.2) is 0 Å². The third-order valence-corrected chi connectivity index (χ3v) is 4.85. The average molecular weight is 289 g/mol. The minimum Gasteiger partial charge on any atom is -0.481 e. The molecule has 1 aliphatic rings. The second-order valence-electron chi connectivity index (χ2n) is 6.65. The van der Waals surface area contributed by atoms with Crippen molar-refractivity contribution in [2.45, 2.75) is 33.7 Å². The molecule has 0 bridgehead atoms. The van der Waals surface area contributed by atoms with Gasteiger partial charge in [0, 0.05) is 7.05 Å². The van der Waals surface area contributed by atoms with Crippen molar-refractivity contribution in [3.63, 3.8) is 0 Å². The molecule has 1 saturated carbocycles. The van der Waals surface area contributed by atoms with Crippen LogP contribution in [0.2, 0.25) is 0 Å². The average Bonchev–Trinajstić information content (AvgIpc) is 3.00. The van der Waals surface area contributed by atoms with Crippen molar-refractivity contribution in [3.8, 4) is 0 Å². The Kier molecular flexibility index (Phi) is 3.83. The lowest BCUT2D eigenvalue weighted by molar-refractivity contribution is -0.142. The van der Waals surface area contributed by atoms with Crippen LogP contribution >= 0.6 is 0 Å². The number of aliphatic carboxylic acids is 1. The first-order chi connectivity index (χ1) is 9.67. The summed E-state index contributed by atoms with van der Waals surface area (Å²) >= 11 is 0. The Labute approximate surface area is 125 Å². The van der Waals surface area contributed by atoms with Crippen LogP contribution in [0.25, 0.3) is 0 Å². The zero-order chi connectivity index (χ0) is 15.9. The van der Waals surface area contributed by atoms with Gasteiger partial charge in [-0.15, -0.1) is 0 Å². The van der Waals surface area contributed by atoms with Crippen LogP contribution in [0.5, 0.6) is 0 Å². The summed E-state index contributed by atoms with van der Waals surface area (Å²) in [4.78, 5) is 25.5. The monoisotopic (exact) mass is 289 g/mol.